The minimum Gasteiger partial charge on any atom is -0.333 e. The second kappa shape index (κ2) is 5.90. The maximum absolute atomic E-state index is 12.4. The van der Waals surface area contributed by atoms with Crippen molar-refractivity contribution < 1.29 is 4.79 Å². The van der Waals surface area contributed by atoms with Crippen molar-refractivity contribution in [2.24, 2.45) is 0 Å². The number of nitrogens with zero attached hydrogens (tertiary/aromatic N) is 2. The average Bonchev–Trinajstić information content (AvgIpc) is 2.93. The number of aromatic nitrogens is 1. The van der Waals surface area contributed by atoms with Crippen LogP contribution in [0, 0.1) is 0 Å². The van der Waals surface area contributed by atoms with Crippen LogP contribution < -0.4 is 0 Å². The van der Waals surface area contributed by atoms with Crippen molar-refractivity contribution in [1.29, 1.82) is 0 Å². The molecule has 0 N–H and O–H groups in total. The zero-order chi connectivity index (χ0) is 14.0. The van der Waals surface area contributed by atoms with Crippen molar-refractivity contribution in [2.45, 2.75) is 13.0 Å². The van der Waals surface area contributed by atoms with Gasteiger partial charge in [-0.25, -0.2) is 4.98 Å². The molecule has 0 saturated carbocycles. The van der Waals surface area contributed by atoms with Gasteiger partial charge in [-0.2, -0.15) is 0 Å². The maximum atomic E-state index is 12.4. The van der Waals surface area contributed by atoms with Crippen LogP contribution in [0.3, 0.4) is 0 Å². The molecular formula is C13H12Cl2N2OS. The van der Waals surface area contributed by atoms with Gasteiger partial charge in [-0.3, -0.25) is 4.79 Å². The molecule has 0 aliphatic heterocycles. The molecule has 0 aliphatic carbocycles. The van der Waals surface area contributed by atoms with E-state index in [0.29, 0.717) is 5.02 Å². The van der Waals surface area contributed by atoms with Crippen LogP contribution >= 0.6 is 34.5 Å². The predicted molar refractivity (Wildman–Crippen MR) is 79.1 cm³/mol. The molecule has 6 heteroatoms. The molecule has 3 nitrogen and oxygen atoms in total. The van der Waals surface area contributed by atoms with Gasteiger partial charge in [0.25, 0.3) is 5.91 Å². The first-order valence-corrected chi connectivity index (χ1v) is 7.27. The molecule has 0 saturated heterocycles. The van der Waals surface area contributed by atoms with Crippen LogP contribution in [-0.2, 0) is 0 Å². The molecule has 0 bridgehead atoms. The molecule has 0 fully saturated rings. The van der Waals surface area contributed by atoms with E-state index in [-0.39, 0.29) is 22.8 Å². The quantitative estimate of drug-likeness (QED) is 0.792. The fraction of sp³-hybridized carbons (Fsp3) is 0.231. The number of hydrogen-bond donors (Lipinski definition) is 0. The van der Waals surface area contributed by atoms with Crippen LogP contribution in [0.25, 0.3) is 0 Å². The lowest BCUT2D eigenvalue weighted by Crippen LogP contribution is -2.30. The Balaban J connectivity index is 2.26. The van der Waals surface area contributed by atoms with Crippen molar-refractivity contribution in [3.63, 3.8) is 0 Å². The Morgan fingerprint density at radius 1 is 1.37 bits per heavy atom. The van der Waals surface area contributed by atoms with E-state index in [1.807, 2.05) is 24.4 Å². The topological polar surface area (TPSA) is 33.2 Å². The third-order valence-electron chi connectivity index (χ3n) is 2.87. The standard InChI is InChI=1S/C13H12Cl2N2OS/c1-8(10-4-3-7-19-10)17(2)13(18)12-9(14)5-6-11(15)16-12/h3-8H,1-2H3/t8-/m0/s1. The van der Waals surface area contributed by atoms with E-state index in [9.17, 15) is 4.79 Å². The molecule has 0 aliphatic rings. The van der Waals surface area contributed by atoms with Gasteiger partial charge < -0.3 is 4.90 Å². The maximum Gasteiger partial charge on any atom is 0.274 e. The monoisotopic (exact) mass is 314 g/mol. The fourth-order valence-corrected chi connectivity index (χ4v) is 2.79. The summed E-state index contributed by atoms with van der Waals surface area (Å²) in [6.07, 6.45) is 0. The smallest absolute Gasteiger partial charge is 0.274 e. The van der Waals surface area contributed by atoms with E-state index < -0.39 is 0 Å². The SMILES string of the molecule is C[C@@H](c1cccs1)N(C)C(=O)c1nc(Cl)ccc1Cl. The summed E-state index contributed by atoms with van der Waals surface area (Å²) in [6, 6.07) is 7.05. The molecular weight excluding hydrogens is 303 g/mol. The van der Waals surface area contributed by atoms with Crippen molar-refractivity contribution >= 4 is 40.4 Å². The van der Waals surface area contributed by atoms with E-state index in [2.05, 4.69) is 4.98 Å². The molecule has 0 unspecified atom stereocenters. The Morgan fingerprint density at radius 3 is 2.74 bits per heavy atom. The van der Waals surface area contributed by atoms with Crippen LogP contribution in [0.2, 0.25) is 10.2 Å². The summed E-state index contributed by atoms with van der Waals surface area (Å²) in [5.41, 5.74) is 0.181. The van der Waals surface area contributed by atoms with Gasteiger partial charge in [0, 0.05) is 11.9 Å². The second-order valence-corrected chi connectivity index (χ2v) is 5.85. The summed E-state index contributed by atoms with van der Waals surface area (Å²) in [7, 11) is 1.73. The van der Waals surface area contributed by atoms with Crippen molar-refractivity contribution in [3.05, 3.63) is 50.4 Å². The number of hydrogen-bond acceptors (Lipinski definition) is 3. The third kappa shape index (κ3) is 3.08. The Morgan fingerprint density at radius 2 is 2.11 bits per heavy atom. The molecule has 100 valence electrons. The summed E-state index contributed by atoms with van der Waals surface area (Å²) in [5.74, 6) is -0.242. The highest BCUT2D eigenvalue weighted by molar-refractivity contribution is 7.10. The number of carbonyl (C=O) groups is 1. The molecule has 2 aromatic heterocycles. The number of amides is 1. The van der Waals surface area contributed by atoms with E-state index in [1.54, 1.807) is 35.4 Å². The van der Waals surface area contributed by atoms with Gasteiger partial charge in [0.2, 0.25) is 0 Å². The number of thiophene rings is 1. The van der Waals surface area contributed by atoms with Crippen LogP contribution in [0.4, 0.5) is 0 Å². The lowest BCUT2D eigenvalue weighted by Gasteiger charge is -2.24. The largest absolute Gasteiger partial charge is 0.333 e. The van der Waals surface area contributed by atoms with Gasteiger partial charge in [0.05, 0.1) is 11.1 Å². The predicted octanol–water partition coefficient (Wildman–Crippen LogP) is 4.28. The van der Waals surface area contributed by atoms with Crippen LogP contribution in [0.1, 0.15) is 28.3 Å². The molecule has 2 aromatic rings. The molecule has 2 heterocycles. The Bertz CT molecular complexity index is 586. The van der Waals surface area contributed by atoms with Crippen LogP contribution in [-0.4, -0.2) is 22.8 Å². The highest BCUT2D eigenvalue weighted by Crippen LogP contribution is 2.26. The summed E-state index contributed by atoms with van der Waals surface area (Å²) in [5, 5.41) is 2.54. The van der Waals surface area contributed by atoms with Gasteiger partial charge in [0.1, 0.15) is 10.8 Å². The number of pyridine rings is 1. The lowest BCUT2D eigenvalue weighted by molar-refractivity contribution is 0.0739. The lowest BCUT2D eigenvalue weighted by atomic mass is 10.2. The molecule has 0 aromatic carbocycles. The number of halogens is 2. The highest BCUT2D eigenvalue weighted by atomic mass is 35.5. The Hall–Kier alpha value is -1.10. The van der Waals surface area contributed by atoms with E-state index in [0.717, 1.165) is 4.88 Å². The fourth-order valence-electron chi connectivity index (χ4n) is 1.63. The second-order valence-electron chi connectivity index (χ2n) is 4.07. The molecule has 0 spiro atoms. The zero-order valence-electron chi connectivity index (χ0n) is 10.4. The minimum absolute atomic E-state index is 0.0376. The van der Waals surface area contributed by atoms with Gasteiger partial charge in [-0.15, -0.1) is 11.3 Å². The van der Waals surface area contributed by atoms with E-state index in [1.165, 1.54) is 0 Å². The van der Waals surface area contributed by atoms with Crippen molar-refractivity contribution in [1.82, 2.24) is 9.88 Å². The minimum atomic E-state index is -0.242. The highest BCUT2D eigenvalue weighted by Gasteiger charge is 2.22. The third-order valence-corrected chi connectivity index (χ3v) is 4.43. The Kier molecular flexibility index (Phi) is 4.45. The summed E-state index contributed by atoms with van der Waals surface area (Å²) < 4.78 is 0. The zero-order valence-corrected chi connectivity index (χ0v) is 12.8. The normalized spacial score (nSPS) is 12.2. The van der Waals surface area contributed by atoms with Gasteiger partial charge in [0.15, 0.2) is 0 Å². The molecule has 2 rings (SSSR count). The van der Waals surface area contributed by atoms with Crippen LogP contribution in [0.5, 0.6) is 0 Å². The van der Waals surface area contributed by atoms with Crippen molar-refractivity contribution in [2.75, 3.05) is 7.05 Å². The summed E-state index contributed by atoms with van der Waals surface area (Å²) >= 11 is 13.4. The van der Waals surface area contributed by atoms with Gasteiger partial charge in [-0.1, -0.05) is 29.3 Å². The Labute approximate surface area is 125 Å². The molecule has 19 heavy (non-hydrogen) atoms. The van der Waals surface area contributed by atoms with Gasteiger partial charge >= 0.3 is 0 Å². The van der Waals surface area contributed by atoms with Gasteiger partial charge in [-0.05, 0) is 30.5 Å². The first-order valence-electron chi connectivity index (χ1n) is 5.63. The summed E-state index contributed by atoms with van der Waals surface area (Å²) in [6.45, 7) is 1.96. The molecule has 0 radical (unpaired) electrons. The first-order chi connectivity index (χ1) is 9.00. The van der Waals surface area contributed by atoms with E-state index >= 15 is 0 Å². The first kappa shape index (κ1) is 14.3. The summed E-state index contributed by atoms with van der Waals surface area (Å²) in [4.78, 5) is 19.1. The number of carbonyl (C=O) groups excluding carboxylic acids is 1. The molecule has 1 atom stereocenters. The number of rotatable bonds is 3. The van der Waals surface area contributed by atoms with E-state index in [4.69, 9.17) is 23.2 Å². The average molecular weight is 315 g/mol. The molecule has 1 amide bonds. The van der Waals surface area contributed by atoms with Crippen molar-refractivity contribution in [3.8, 4) is 0 Å². The van der Waals surface area contributed by atoms with Crippen LogP contribution in [0.15, 0.2) is 29.6 Å².